The van der Waals surface area contributed by atoms with Crippen molar-refractivity contribution in [2.75, 3.05) is 6.54 Å². The van der Waals surface area contributed by atoms with Gasteiger partial charge < -0.3 is 5.73 Å². The lowest BCUT2D eigenvalue weighted by atomic mass is 9.95. The molecule has 0 saturated carbocycles. The monoisotopic (exact) mass is 270 g/mol. The summed E-state index contributed by atoms with van der Waals surface area (Å²) in [5, 5.41) is 0. The molecule has 0 aromatic heterocycles. The number of nitrogens with one attached hydrogen (secondary N) is 1. The number of aryl methyl sites for hydroxylation is 1. The molecular weight excluding hydrogens is 248 g/mol. The van der Waals surface area contributed by atoms with Crippen LogP contribution in [0.2, 0.25) is 0 Å². The molecule has 3 N–H and O–H groups in total. The van der Waals surface area contributed by atoms with Crippen LogP contribution in [0.5, 0.6) is 0 Å². The minimum Gasteiger partial charge on any atom is -0.324 e. The van der Waals surface area contributed by atoms with Crippen LogP contribution >= 0.6 is 0 Å². The van der Waals surface area contributed by atoms with E-state index in [2.05, 4.69) is 4.72 Å². The third-order valence-electron chi connectivity index (χ3n) is 3.32. The van der Waals surface area contributed by atoms with E-state index >= 15 is 0 Å². The molecule has 1 aromatic carbocycles. The third kappa shape index (κ3) is 3.80. The lowest BCUT2D eigenvalue weighted by molar-refractivity contribution is 0.392. The van der Waals surface area contributed by atoms with Crippen LogP contribution in [0.15, 0.2) is 29.2 Å². The van der Waals surface area contributed by atoms with Crippen LogP contribution in [0, 0.1) is 6.92 Å². The molecule has 0 fully saturated rings. The number of nitrogens with two attached hydrogens (primary N) is 1. The van der Waals surface area contributed by atoms with Crippen molar-refractivity contribution in [1.29, 1.82) is 0 Å². The fourth-order valence-electron chi connectivity index (χ4n) is 1.60. The smallest absolute Gasteiger partial charge is 0.240 e. The Morgan fingerprint density at radius 1 is 1.28 bits per heavy atom. The molecular formula is C13H22N2O2S. The van der Waals surface area contributed by atoms with Gasteiger partial charge in [0.25, 0.3) is 0 Å². The van der Waals surface area contributed by atoms with Crippen molar-refractivity contribution in [2.45, 2.75) is 44.0 Å². The van der Waals surface area contributed by atoms with E-state index in [9.17, 15) is 8.42 Å². The van der Waals surface area contributed by atoms with E-state index in [1.54, 1.807) is 18.2 Å². The second-order valence-corrected chi connectivity index (χ2v) is 6.48. The molecule has 0 aliphatic rings. The number of hydrogen-bond acceptors (Lipinski definition) is 3. The predicted molar refractivity (Wildman–Crippen MR) is 73.9 cm³/mol. The molecule has 0 radical (unpaired) electrons. The summed E-state index contributed by atoms with van der Waals surface area (Å²) in [7, 11) is -3.47. The molecule has 0 atom stereocenters. The summed E-state index contributed by atoms with van der Waals surface area (Å²) in [5.41, 5.74) is 6.53. The highest BCUT2D eigenvalue weighted by atomic mass is 32.2. The summed E-state index contributed by atoms with van der Waals surface area (Å²) in [6, 6.07) is 6.84. The summed E-state index contributed by atoms with van der Waals surface area (Å²) in [6.07, 6.45) is 1.47. The third-order valence-corrected chi connectivity index (χ3v) is 4.72. The zero-order valence-electron chi connectivity index (χ0n) is 11.2. The summed E-state index contributed by atoms with van der Waals surface area (Å²) in [4.78, 5) is 0.289. The minimum absolute atomic E-state index is 0.260. The van der Waals surface area contributed by atoms with Crippen LogP contribution in [-0.4, -0.2) is 20.5 Å². The van der Waals surface area contributed by atoms with E-state index < -0.39 is 15.6 Å². The maximum atomic E-state index is 12.1. The van der Waals surface area contributed by atoms with Crippen LogP contribution in [0.4, 0.5) is 0 Å². The van der Waals surface area contributed by atoms with Crippen LogP contribution in [0.25, 0.3) is 0 Å². The molecule has 102 valence electrons. The number of hydrogen-bond donors (Lipinski definition) is 2. The Morgan fingerprint density at radius 2 is 1.89 bits per heavy atom. The highest BCUT2D eigenvalue weighted by Crippen LogP contribution is 2.14. The van der Waals surface area contributed by atoms with Gasteiger partial charge in [0.2, 0.25) is 10.0 Å². The molecule has 0 spiro atoms. The highest BCUT2D eigenvalue weighted by Gasteiger charge is 2.23. The maximum Gasteiger partial charge on any atom is 0.240 e. The lowest BCUT2D eigenvalue weighted by Gasteiger charge is -2.26. The maximum absolute atomic E-state index is 12.1. The Balaban J connectivity index is 2.84. The Morgan fingerprint density at radius 3 is 2.39 bits per heavy atom. The highest BCUT2D eigenvalue weighted by molar-refractivity contribution is 7.89. The Bertz CT molecular complexity index is 493. The van der Waals surface area contributed by atoms with Gasteiger partial charge in [-0.3, -0.25) is 0 Å². The van der Waals surface area contributed by atoms with Gasteiger partial charge in [0.05, 0.1) is 4.90 Å². The first-order valence-corrected chi connectivity index (χ1v) is 7.66. The minimum atomic E-state index is -3.47. The first-order valence-electron chi connectivity index (χ1n) is 6.18. The average molecular weight is 270 g/mol. The fourth-order valence-corrected chi connectivity index (χ4v) is 2.85. The molecule has 0 amide bonds. The van der Waals surface area contributed by atoms with Crippen molar-refractivity contribution < 1.29 is 8.42 Å². The fraction of sp³-hybridized carbons (Fsp3) is 0.538. The van der Waals surface area contributed by atoms with Gasteiger partial charge in [0, 0.05) is 12.1 Å². The van der Waals surface area contributed by atoms with Crippen LogP contribution in [0.3, 0.4) is 0 Å². The molecule has 1 aromatic rings. The van der Waals surface area contributed by atoms with Gasteiger partial charge in [-0.25, -0.2) is 13.1 Å². The first kappa shape index (κ1) is 15.1. The van der Waals surface area contributed by atoms with E-state index in [-0.39, 0.29) is 11.4 Å². The molecule has 18 heavy (non-hydrogen) atoms. The lowest BCUT2D eigenvalue weighted by Crippen LogP contribution is -2.49. The molecule has 0 heterocycles. The van der Waals surface area contributed by atoms with Crippen molar-refractivity contribution in [2.24, 2.45) is 5.73 Å². The van der Waals surface area contributed by atoms with Gasteiger partial charge in [-0.05, 0) is 37.5 Å². The van der Waals surface area contributed by atoms with Gasteiger partial charge in [-0.1, -0.05) is 26.0 Å². The zero-order valence-corrected chi connectivity index (χ0v) is 12.0. The molecule has 0 aliphatic heterocycles. The number of sulfonamides is 1. The molecule has 0 unspecified atom stereocenters. The van der Waals surface area contributed by atoms with E-state index in [0.29, 0.717) is 0 Å². The summed E-state index contributed by atoms with van der Waals surface area (Å²) < 4.78 is 26.8. The van der Waals surface area contributed by atoms with Crippen LogP contribution in [-0.2, 0) is 10.0 Å². The van der Waals surface area contributed by atoms with E-state index in [0.717, 1.165) is 18.4 Å². The normalized spacial score (nSPS) is 12.7. The molecule has 1 rings (SSSR count). The number of rotatable bonds is 6. The second kappa shape index (κ2) is 5.82. The largest absolute Gasteiger partial charge is 0.324 e. The first-order chi connectivity index (χ1) is 8.33. The van der Waals surface area contributed by atoms with Gasteiger partial charge >= 0.3 is 0 Å². The predicted octanol–water partition coefficient (Wildman–Crippen LogP) is 1.79. The van der Waals surface area contributed by atoms with Crippen molar-refractivity contribution in [1.82, 2.24) is 4.72 Å². The zero-order chi connectivity index (χ0) is 13.8. The van der Waals surface area contributed by atoms with Gasteiger partial charge in [0.1, 0.15) is 0 Å². The average Bonchev–Trinajstić information content (AvgIpc) is 2.36. The quantitative estimate of drug-likeness (QED) is 0.828. The molecule has 5 heteroatoms. The van der Waals surface area contributed by atoms with Gasteiger partial charge in [-0.2, -0.15) is 0 Å². The summed E-state index contributed by atoms with van der Waals surface area (Å²) in [5.74, 6) is 0. The Hall–Kier alpha value is -0.910. The SMILES string of the molecule is CCC(N)(CC)CNS(=O)(=O)c1cccc(C)c1. The molecule has 4 nitrogen and oxygen atoms in total. The van der Waals surface area contributed by atoms with Crippen molar-refractivity contribution in [3.05, 3.63) is 29.8 Å². The molecule has 0 bridgehead atoms. The Kier molecular flexibility index (Phi) is 4.90. The molecule has 0 aliphatic carbocycles. The van der Waals surface area contributed by atoms with Crippen LogP contribution < -0.4 is 10.5 Å². The molecule has 0 saturated heterocycles. The van der Waals surface area contributed by atoms with E-state index in [1.807, 2.05) is 26.8 Å². The van der Waals surface area contributed by atoms with Crippen molar-refractivity contribution in [3.63, 3.8) is 0 Å². The van der Waals surface area contributed by atoms with Crippen LogP contribution in [0.1, 0.15) is 32.3 Å². The van der Waals surface area contributed by atoms with Crippen molar-refractivity contribution >= 4 is 10.0 Å². The summed E-state index contributed by atoms with van der Waals surface area (Å²) >= 11 is 0. The van der Waals surface area contributed by atoms with Crippen molar-refractivity contribution in [3.8, 4) is 0 Å². The van der Waals surface area contributed by atoms with Gasteiger partial charge in [-0.15, -0.1) is 0 Å². The number of benzene rings is 1. The topological polar surface area (TPSA) is 72.2 Å². The second-order valence-electron chi connectivity index (χ2n) is 4.71. The van der Waals surface area contributed by atoms with Gasteiger partial charge in [0.15, 0.2) is 0 Å². The van der Waals surface area contributed by atoms with E-state index in [1.165, 1.54) is 0 Å². The van der Waals surface area contributed by atoms with E-state index in [4.69, 9.17) is 5.73 Å². The standard InChI is InChI=1S/C13H22N2O2S/c1-4-13(14,5-2)10-15-18(16,17)12-8-6-7-11(3)9-12/h6-9,15H,4-5,10,14H2,1-3H3. The summed E-state index contributed by atoms with van der Waals surface area (Å²) in [6.45, 7) is 6.05. The Labute approximate surface area is 110 Å².